The normalized spacial score (nSPS) is 9.56. The van der Waals surface area contributed by atoms with Crippen LogP contribution in [0.25, 0.3) is 10.8 Å². The monoisotopic (exact) mass is 224 g/mol. The number of hydrogen-bond donors (Lipinski definition) is 0. The zero-order valence-corrected chi connectivity index (χ0v) is 11.6. The zero-order chi connectivity index (χ0) is 10.7. The van der Waals surface area contributed by atoms with Crippen LogP contribution >= 0.6 is 0 Å². The van der Waals surface area contributed by atoms with Crippen molar-refractivity contribution < 1.29 is 40.5 Å². The van der Waals surface area contributed by atoms with E-state index in [0.29, 0.717) is 12.2 Å². The molecule has 2 nitrogen and oxygen atoms in total. The molecule has 0 aliphatic rings. The van der Waals surface area contributed by atoms with Crippen LogP contribution in [0, 0.1) is 0 Å². The first-order valence-corrected chi connectivity index (χ1v) is 4.99. The van der Waals surface area contributed by atoms with E-state index in [0.717, 1.165) is 10.8 Å². The molecule has 0 spiro atoms. The number of carbonyl (C=O) groups excluding carboxylic acids is 1. The van der Waals surface area contributed by atoms with Gasteiger partial charge in [0.25, 0.3) is 0 Å². The fraction of sp³-hybridized carbons (Fsp3) is 0.154. The molecule has 78 valence electrons. The number of esters is 1. The van der Waals surface area contributed by atoms with E-state index in [1.165, 1.54) is 0 Å². The number of ether oxygens (including phenoxy) is 1. The van der Waals surface area contributed by atoms with Gasteiger partial charge in [0, 0.05) is 11.8 Å². The number of hydrogen-bond acceptors (Lipinski definition) is 2. The molecule has 0 bridgehead atoms. The molecule has 0 atom stereocenters. The Morgan fingerprint density at radius 3 is 2.62 bits per heavy atom. The summed E-state index contributed by atoms with van der Waals surface area (Å²) in [6.07, 6.45) is 0.392. The minimum Gasteiger partial charge on any atom is -1.00 e. The van der Waals surface area contributed by atoms with Gasteiger partial charge in [0.1, 0.15) is 5.75 Å². The third kappa shape index (κ3) is 2.85. The smallest absolute Gasteiger partial charge is 1.00 e. The third-order valence-corrected chi connectivity index (χ3v) is 2.26. The Labute approximate surface area is 118 Å². The summed E-state index contributed by atoms with van der Waals surface area (Å²) in [6, 6.07) is 13.6. The van der Waals surface area contributed by atoms with Gasteiger partial charge in [-0.15, -0.1) is 0 Å². The van der Waals surface area contributed by atoms with E-state index in [2.05, 4.69) is 0 Å². The summed E-state index contributed by atoms with van der Waals surface area (Å²) in [6.45, 7) is 1.79. The van der Waals surface area contributed by atoms with Crippen LogP contribution < -0.4 is 34.3 Å². The minimum atomic E-state index is -0.202. The average molecular weight is 224 g/mol. The van der Waals surface area contributed by atoms with Gasteiger partial charge in [-0.1, -0.05) is 43.3 Å². The fourth-order valence-corrected chi connectivity index (χ4v) is 1.48. The molecule has 0 heterocycles. The first kappa shape index (κ1) is 13.2. The van der Waals surface area contributed by atoms with Gasteiger partial charge in [0.2, 0.25) is 0 Å². The van der Waals surface area contributed by atoms with Crippen molar-refractivity contribution in [1.29, 1.82) is 0 Å². The van der Waals surface area contributed by atoms with Gasteiger partial charge >= 0.3 is 35.5 Å². The molecule has 2 aromatic carbocycles. The SMILES string of the molecule is CCC(=O)Oc1cccc2ccccc12.[H-].[Na+]. The molecule has 0 aromatic heterocycles. The van der Waals surface area contributed by atoms with Gasteiger partial charge in [-0.3, -0.25) is 4.79 Å². The maximum Gasteiger partial charge on any atom is 1.00 e. The topological polar surface area (TPSA) is 26.3 Å². The first-order chi connectivity index (χ1) is 7.31. The van der Waals surface area contributed by atoms with Crippen molar-refractivity contribution in [3.63, 3.8) is 0 Å². The van der Waals surface area contributed by atoms with Crippen molar-refractivity contribution in [3.05, 3.63) is 42.5 Å². The van der Waals surface area contributed by atoms with E-state index in [1.54, 1.807) is 6.92 Å². The number of benzene rings is 2. The molecule has 0 N–H and O–H groups in total. The summed E-state index contributed by atoms with van der Waals surface area (Å²) < 4.78 is 5.24. The molecule has 0 saturated heterocycles. The van der Waals surface area contributed by atoms with Gasteiger partial charge < -0.3 is 6.16 Å². The first-order valence-electron chi connectivity index (χ1n) is 4.99. The Balaban J connectivity index is 0.00000128. The summed E-state index contributed by atoms with van der Waals surface area (Å²) in [7, 11) is 0. The van der Waals surface area contributed by atoms with Gasteiger partial charge in [-0.25, -0.2) is 0 Å². The average Bonchev–Trinajstić information content (AvgIpc) is 2.29. The van der Waals surface area contributed by atoms with Crippen LogP contribution in [0.3, 0.4) is 0 Å². The van der Waals surface area contributed by atoms with Crippen molar-refractivity contribution in [2.24, 2.45) is 0 Å². The number of carbonyl (C=O) groups is 1. The second-order valence-electron chi connectivity index (χ2n) is 3.30. The quantitative estimate of drug-likeness (QED) is 0.416. The van der Waals surface area contributed by atoms with Crippen molar-refractivity contribution >= 4 is 16.7 Å². The van der Waals surface area contributed by atoms with Crippen LogP contribution in [0.5, 0.6) is 5.75 Å². The summed E-state index contributed by atoms with van der Waals surface area (Å²) in [5, 5.41) is 2.06. The van der Waals surface area contributed by atoms with Crippen molar-refractivity contribution in [3.8, 4) is 5.75 Å². The van der Waals surface area contributed by atoms with Crippen molar-refractivity contribution in [2.45, 2.75) is 13.3 Å². The van der Waals surface area contributed by atoms with Gasteiger partial charge in [-0.05, 0) is 11.5 Å². The predicted octanol–water partition coefficient (Wildman–Crippen LogP) is 0.272. The number of fused-ring (bicyclic) bond motifs is 1. The van der Waals surface area contributed by atoms with Crippen molar-refractivity contribution in [2.75, 3.05) is 0 Å². The Hall–Kier alpha value is -0.830. The molecule has 2 aromatic rings. The molecule has 0 fully saturated rings. The maximum absolute atomic E-state index is 11.2. The molecule has 0 aliphatic heterocycles. The summed E-state index contributed by atoms with van der Waals surface area (Å²) >= 11 is 0. The second kappa shape index (κ2) is 6.04. The molecule has 0 aliphatic carbocycles. The molecule has 2 rings (SSSR count). The van der Waals surface area contributed by atoms with E-state index < -0.39 is 0 Å². The second-order valence-corrected chi connectivity index (χ2v) is 3.30. The van der Waals surface area contributed by atoms with Crippen LogP contribution in [-0.2, 0) is 4.79 Å². The molecular formula is C13H13NaO2. The molecule has 0 radical (unpaired) electrons. The van der Waals surface area contributed by atoms with E-state index >= 15 is 0 Å². The summed E-state index contributed by atoms with van der Waals surface area (Å²) in [5.41, 5.74) is 0. The van der Waals surface area contributed by atoms with Crippen LogP contribution in [0.15, 0.2) is 42.5 Å². The summed E-state index contributed by atoms with van der Waals surface area (Å²) in [5.74, 6) is 0.436. The molecule has 0 unspecified atom stereocenters. The number of rotatable bonds is 2. The van der Waals surface area contributed by atoms with Gasteiger partial charge in [0.15, 0.2) is 0 Å². The van der Waals surface area contributed by atoms with E-state index in [1.807, 2.05) is 42.5 Å². The zero-order valence-electron chi connectivity index (χ0n) is 10.6. The Kier molecular flexibility index (Phi) is 5.00. The molecule has 0 amide bonds. The van der Waals surface area contributed by atoms with Crippen LogP contribution in [0.2, 0.25) is 0 Å². The summed E-state index contributed by atoms with van der Waals surface area (Å²) in [4.78, 5) is 11.2. The van der Waals surface area contributed by atoms with E-state index in [9.17, 15) is 4.79 Å². The molecule has 0 saturated carbocycles. The van der Waals surface area contributed by atoms with E-state index in [-0.39, 0.29) is 37.0 Å². The molecule has 16 heavy (non-hydrogen) atoms. The Morgan fingerprint density at radius 1 is 1.19 bits per heavy atom. The van der Waals surface area contributed by atoms with Crippen LogP contribution in [0.4, 0.5) is 0 Å². The van der Waals surface area contributed by atoms with Crippen LogP contribution in [-0.4, -0.2) is 5.97 Å². The Bertz CT molecular complexity index is 494. The van der Waals surface area contributed by atoms with Crippen molar-refractivity contribution in [1.82, 2.24) is 0 Å². The predicted molar refractivity (Wildman–Crippen MR) is 61.0 cm³/mol. The maximum atomic E-state index is 11.2. The fourth-order valence-electron chi connectivity index (χ4n) is 1.48. The van der Waals surface area contributed by atoms with Gasteiger partial charge in [0.05, 0.1) is 0 Å². The Morgan fingerprint density at radius 2 is 1.88 bits per heavy atom. The van der Waals surface area contributed by atoms with Crippen LogP contribution in [0.1, 0.15) is 14.8 Å². The van der Waals surface area contributed by atoms with Gasteiger partial charge in [-0.2, -0.15) is 0 Å². The molecule has 3 heteroatoms. The molecular weight excluding hydrogens is 211 g/mol. The minimum absolute atomic E-state index is 0. The van der Waals surface area contributed by atoms with E-state index in [4.69, 9.17) is 4.74 Å². The third-order valence-electron chi connectivity index (χ3n) is 2.26. The largest absolute Gasteiger partial charge is 1.00 e. The standard InChI is InChI=1S/C13H12O2.Na.H/c1-2-13(14)15-12-9-5-7-10-6-3-4-8-11(10)12;;/h3-9H,2H2,1H3;;/q;+1;-1.